The minimum atomic E-state index is -0.622. The molecule has 0 N–H and O–H groups in total. The molecule has 3 rings (SSSR count). The van der Waals surface area contributed by atoms with Gasteiger partial charge < -0.3 is 14.4 Å². The Kier molecular flexibility index (Phi) is 5.52. The van der Waals surface area contributed by atoms with E-state index in [0.717, 1.165) is 10.6 Å². The van der Waals surface area contributed by atoms with Crippen molar-refractivity contribution >= 4 is 28.9 Å². The predicted molar refractivity (Wildman–Crippen MR) is 103 cm³/mol. The van der Waals surface area contributed by atoms with E-state index in [4.69, 9.17) is 9.47 Å². The summed E-state index contributed by atoms with van der Waals surface area (Å²) < 4.78 is 10.3. The minimum absolute atomic E-state index is 0.0557. The number of Topliss-reactive ketones (excluding diaryl/α,β-unsaturated/α-hetero) is 1. The molecule has 0 amide bonds. The van der Waals surface area contributed by atoms with Crippen LogP contribution >= 0.6 is 11.8 Å². The summed E-state index contributed by atoms with van der Waals surface area (Å²) in [6.45, 7) is -0.496. The SMILES string of the molecule is COc1ccc(OCC(=O)/C(C#N)=C2\Sc3ccccc3N2C)c([N+](=O)[O-])c1. The van der Waals surface area contributed by atoms with Crippen molar-refractivity contribution < 1.29 is 19.2 Å². The normalized spacial score (nSPS) is 14.1. The summed E-state index contributed by atoms with van der Waals surface area (Å²) in [5, 5.41) is 21.2. The molecule has 0 saturated carbocycles. The van der Waals surface area contributed by atoms with Gasteiger partial charge in [-0.05, 0) is 24.3 Å². The maximum absolute atomic E-state index is 12.6. The van der Waals surface area contributed by atoms with E-state index >= 15 is 0 Å². The van der Waals surface area contributed by atoms with Crippen molar-refractivity contribution in [1.29, 1.82) is 5.26 Å². The maximum atomic E-state index is 12.6. The average molecular weight is 397 g/mol. The van der Waals surface area contributed by atoms with Gasteiger partial charge in [0.2, 0.25) is 5.78 Å². The van der Waals surface area contributed by atoms with Crippen LogP contribution in [0.2, 0.25) is 0 Å². The number of para-hydroxylation sites is 1. The number of carbonyl (C=O) groups excluding carboxylic acids is 1. The Morgan fingerprint density at radius 3 is 2.71 bits per heavy atom. The predicted octanol–water partition coefficient (Wildman–Crippen LogP) is 3.53. The van der Waals surface area contributed by atoms with Crippen molar-refractivity contribution in [3.8, 4) is 17.6 Å². The average Bonchev–Trinajstić information content (AvgIpc) is 3.03. The largest absolute Gasteiger partial charge is 0.496 e. The van der Waals surface area contributed by atoms with Gasteiger partial charge in [-0.2, -0.15) is 5.26 Å². The van der Waals surface area contributed by atoms with E-state index in [-0.39, 0.29) is 17.0 Å². The zero-order valence-corrected chi connectivity index (χ0v) is 15.9. The second-order valence-corrected chi connectivity index (χ2v) is 6.75. The molecule has 0 saturated heterocycles. The third kappa shape index (κ3) is 3.63. The fraction of sp³-hybridized carbons (Fsp3) is 0.158. The summed E-state index contributed by atoms with van der Waals surface area (Å²) in [7, 11) is 3.16. The number of ketones is 1. The van der Waals surface area contributed by atoms with Crippen LogP contribution < -0.4 is 14.4 Å². The van der Waals surface area contributed by atoms with Gasteiger partial charge in [-0.25, -0.2) is 0 Å². The van der Waals surface area contributed by atoms with Crippen molar-refractivity contribution in [2.24, 2.45) is 0 Å². The summed E-state index contributed by atoms with van der Waals surface area (Å²) in [5.74, 6) is -0.334. The molecule has 2 aromatic rings. The molecule has 1 heterocycles. The highest BCUT2D eigenvalue weighted by Gasteiger charge is 2.28. The standard InChI is InChI=1S/C19H15N3O5S/c1-21-14-5-3-4-6-18(14)28-19(21)13(10-20)16(23)11-27-17-8-7-12(26-2)9-15(17)22(24)25/h3-9H,11H2,1-2H3/b19-13-. The monoisotopic (exact) mass is 397 g/mol. The lowest BCUT2D eigenvalue weighted by atomic mass is 10.2. The quantitative estimate of drug-likeness (QED) is 0.315. The first-order chi connectivity index (χ1) is 13.5. The van der Waals surface area contributed by atoms with Crippen LogP contribution in [0.15, 0.2) is 58.0 Å². The zero-order chi connectivity index (χ0) is 20.3. The lowest BCUT2D eigenvalue weighted by Crippen LogP contribution is -2.19. The van der Waals surface area contributed by atoms with Crippen LogP contribution in [0.1, 0.15) is 0 Å². The Labute approximate surface area is 165 Å². The van der Waals surface area contributed by atoms with Crippen molar-refractivity contribution in [2.45, 2.75) is 4.90 Å². The number of methoxy groups -OCH3 is 1. The molecule has 1 aliphatic rings. The Morgan fingerprint density at radius 2 is 2.07 bits per heavy atom. The van der Waals surface area contributed by atoms with Crippen LogP contribution in [0.3, 0.4) is 0 Å². The molecule has 9 heteroatoms. The first-order valence-corrected chi connectivity index (χ1v) is 8.91. The highest BCUT2D eigenvalue weighted by atomic mass is 32.2. The van der Waals surface area contributed by atoms with Gasteiger partial charge in [-0.1, -0.05) is 23.9 Å². The molecule has 0 unspecified atom stereocenters. The number of ether oxygens (including phenoxy) is 2. The Hall–Kier alpha value is -3.51. The molecule has 0 spiro atoms. The van der Waals surface area contributed by atoms with E-state index in [2.05, 4.69) is 0 Å². The minimum Gasteiger partial charge on any atom is -0.496 e. The van der Waals surface area contributed by atoms with Crippen LogP contribution in [0, 0.1) is 21.4 Å². The van der Waals surface area contributed by atoms with Crippen LogP contribution in [0.5, 0.6) is 11.5 Å². The van der Waals surface area contributed by atoms with Gasteiger partial charge in [0.25, 0.3) is 0 Å². The van der Waals surface area contributed by atoms with Crippen LogP contribution in [-0.4, -0.2) is 31.5 Å². The van der Waals surface area contributed by atoms with Crippen molar-refractivity contribution in [1.82, 2.24) is 0 Å². The zero-order valence-electron chi connectivity index (χ0n) is 15.0. The molecular formula is C19H15N3O5S. The molecular weight excluding hydrogens is 382 g/mol. The summed E-state index contributed by atoms with van der Waals surface area (Å²) in [4.78, 5) is 25.9. The van der Waals surface area contributed by atoms with Crippen LogP contribution in [0.25, 0.3) is 0 Å². The number of carbonyl (C=O) groups is 1. The maximum Gasteiger partial charge on any atom is 0.314 e. The molecule has 0 fully saturated rings. The van der Waals surface area contributed by atoms with Crippen LogP contribution in [0.4, 0.5) is 11.4 Å². The summed E-state index contributed by atoms with van der Waals surface area (Å²) in [6.07, 6.45) is 0. The van der Waals surface area contributed by atoms with Crippen molar-refractivity contribution in [3.63, 3.8) is 0 Å². The van der Waals surface area contributed by atoms with E-state index < -0.39 is 17.3 Å². The highest BCUT2D eigenvalue weighted by Crippen LogP contribution is 2.46. The van der Waals surface area contributed by atoms with Gasteiger partial charge >= 0.3 is 5.69 Å². The Balaban J connectivity index is 1.82. The summed E-state index contributed by atoms with van der Waals surface area (Å²) in [6, 6.07) is 13.5. The second-order valence-electron chi connectivity index (χ2n) is 5.72. The topological polar surface area (TPSA) is 106 Å². The van der Waals surface area contributed by atoms with Crippen molar-refractivity contribution in [3.05, 3.63) is 63.2 Å². The molecule has 142 valence electrons. The Morgan fingerprint density at radius 1 is 1.32 bits per heavy atom. The number of nitro benzene ring substituents is 1. The van der Waals surface area contributed by atoms with Crippen molar-refractivity contribution in [2.75, 3.05) is 25.7 Å². The molecule has 2 aromatic carbocycles. The van der Waals surface area contributed by atoms with Gasteiger partial charge in [0.1, 0.15) is 22.4 Å². The number of hydrogen-bond donors (Lipinski definition) is 0. The molecule has 1 aliphatic heterocycles. The number of anilines is 1. The fourth-order valence-corrected chi connectivity index (χ4v) is 3.82. The van der Waals surface area contributed by atoms with E-state index in [1.54, 1.807) is 11.9 Å². The molecule has 0 bridgehead atoms. The van der Waals surface area contributed by atoms with E-state index in [1.807, 2.05) is 30.3 Å². The van der Waals surface area contributed by atoms with Gasteiger partial charge in [0, 0.05) is 11.9 Å². The smallest absolute Gasteiger partial charge is 0.314 e. The number of benzene rings is 2. The molecule has 0 radical (unpaired) electrons. The van der Waals surface area contributed by atoms with E-state index in [1.165, 1.54) is 37.1 Å². The van der Waals surface area contributed by atoms with Crippen LogP contribution in [-0.2, 0) is 4.79 Å². The number of nitrogens with zero attached hydrogens (tertiary/aromatic N) is 3. The molecule has 0 atom stereocenters. The fourth-order valence-electron chi connectivity index (χ4n) is 2.66. The number of thioether (sulfide) groups is 1. The lowest BCUT2D eigenvalue weighted by Gasteiger charge is -2.15. The first-order valence-electron chi connectivity index (χ1n) is 8.09. The number of nitriles is 1. The molecule has 0 aliphatic carbocycles. The molecule has 0 aromatic heterocycles. The van der Waals surface area contributed by atoms with Gasteiger partial charge in [0.15, 0.2) is 12.4 Å². The number of nitro groups is 1. The highest BCUT2D eigenvalue weighted by molar-refractivity contribution is 8.03. The third-order valence-corrected chi connectivity index (χ3v) is 5.30. The van der Waals surface area contributed by atoms with Gasteiger partial charge in [-0.3, -0.25) is 14.9 Å². The summed E-state index contributed by atoms with van der Waals surface area (Å²) >= 11 is 1.32. The number of hydrogen-bond acceptors (Lipinski definition) is 8. The first kappa shape index (κ1) is 19.3. The third-order valence-electron chi connectivity index (χ3n) is 4.06. The molecule has 8 nitrogen and oxygen atoms in total. The second kappa shape index (κ2) is 8.02. The number of rotatable bonds is 6. The lowest BCUT2D eigenvalue weighted by molar-refractivity contribution is -0.385. The van der Waals surface area contributed by atoms with Gasteiger partial charge in [0.05, 0.1) is 23.8 Å². The van der Waals surface area contributed by atoms with Gasteiger partial charge in [-0.15, -0.1) is 0 Å². The van der Waals surface area contributed by atoms with E-state index in [0.29, 0.717) is 10.8 Å². The molecule has 28 heavy (non-hydrogen) atoms. The summed E-state index contributed by atoms with van der Waals surface area (Å²) in [5.41, 5.74) is 0.521. The number of fused-ring (bicyclic) bond motifs is 1. The Bertz CT molecular complexity index is 1030. The van der Waals surface area contributed by atoms with E-state index in [9.17, 15) is 20.2 Å².